The van der Waals surface area contributed by atoms with Gasteiger partial charge in [-0.05, 0) is 51.4 Å². The maximum atomic E-state index is 5.32. The second-order valence-electron chi connectivity index (χ2n) is 5.92. The van der Waals surface area contributed by atoms with Gasteiger partial charge in [0, 0.05) is 13.0 Å². The number of hydrogen-bond donors (Lipinski definition) is 1. The molecule has 1 saturated heterocycles. The summed E-state index contributed by atoms with van der Waals surface area (Å²) in [7, 11) is 0. The van der Waals surface area contributed by atoms with Crippen LogP contribution in [-0.2, 0) is 5.54 Å². The summed E-state index contributed by atoms with van der Waals surface area (Å²) >= 11 is 0. The molecule has 1 heterocycles. The van der Waals surface area contributed by atoms with Crippen LogP contribution in [-0.4, -0.2) is 31.1 Å². The van der Waals surface area contributed by atoms with Crippen molar-refractivity contribution in [2.45, 2.75) is 38.1 Å². The van der Waals surface area contributed by atoms with Gasteiger partial charge in [0.2, 0.25) is 0 Å². The highest BCUT2D eigenvalue weighted by Crippen LogP contribution is 2.24. The molecule has 0 amide bonds. The molecule has 0 radical (unpaired) electrons. The number of terminal acetylenes is 1. The summed E-state index contributed by atoms with van der Waals surface area (Å²) in [5, 5.41) is 3.73. The molecule has 1 unspecified atom stereocenters. The molecule has 2 nitrogen and oxygen atoms in total. The summed E-state index contributed by atoms with van der Waals surface area (Å²) in [6, 6.07) is 10.8. The van der Waals surface area contributed by atoms with E-state index in [-0.39, 0.29) is 5.54 Å². The van der Waals surface area contributed by atoms with Crippen molar-refractivity contribution in [3.05, 3.63) is 35.9 Å². The van der Waals surface area contributed by atoms with Crippen molar-refractivity contribution in [1.82, 2.24) is 10.2 Å². The van der Waals surface area contributed by atoms with E-state index in [0.717, 1.165) is 32.5 Å². The molecule has 2 rings (SSSR count). The quantitative estimate of drug-likeness (QED) is 0.653. The largest absolute Gasteiger partial charge is 0.307 e. The molecule has 0 aliphatic carbocycles. The number of nitrogens with one attached hydrogen (secondary N) is 1. The first-order chi connectivity index (χ1) is 9.74. The summed E-state index contributed by atoms with van der Waals surface area (Å²) in [6.45, 7) is 6.83. The zero-order chi connectivity index (χ0) is 14.3. The second-order valence-corrected chi connectivity index (χ2v) is 5.92. The topological polar surface area (TPSA) is 15.3 Å². The van der Waals surface area contributed by atoms with Crippen LogP contribution < -0.4 is 5.32 Å². The van der Waals surface area contributed by atoms with E-state index in [2.05, 4.69) is 53.4 Å². The number of benzene rings is 1. The third-order valence-electron chi connectivity index (χ3n) is 4.16. The molecule has 0 saturated carbocycles. The summed E-state index contributed by atoms with van der Waals surface area (Å²) in [4.78, 5) is 2.59. The Hall–Kier alpha value is -1.30. The molecule has 1 aromatic rings. The molecule has 108 valence electrons. The van der Waals surface area contributed by atoms with Crippen molar-refractivity contribution in [1.29, 1.82) is 0 Å². The van der Waals surface area contributed by atoms with Gasteiger partial charge in [-0.1, -0.05) is 30.3 Å². The van der Waals surface area contributed by atoms with Gasteiger partial charge in [-0.25, -0.2) is 0 Å². The Bertz CT molecular complexity index is 434. The lowest BCUT2D eigenvalue weighted by molar-refractivity contribution is 0.217. The van der Waals surface area contributed by atoms with Crippen LogP contribution in [0.2, 0.25) is 0 Å². The highest BCUT2D eigenvalue weighted by molar-refractivity contribution is 5.24. The van der Waals surface area contributed by atoms with Gasteiger partial charge in [0.05, 0.1) is 5.54 Å². The summed E-state index contributed by atoms with van der Waals surface area (Å²) in [5.74, 6) is 2.73. The van der Waals surface area contributed by atoms with Crippen molar-refractivity contribution in [2.75, 3.05) is 26.2 Å². The fourth-order valence-corrected chi connectivity index (χ4v) is 3.00. The Morgan fingerprint density at radius 2 is 2.10 bits per heavy atom. The zero-order valence-electron chi connectivity index (χ0n) is 12.6. The van der Waals surface area contributed by atoms with E-state index >= 15 is 0 Å². The Labute approximate surface area is 123 Å². The number of hydrogen-bond acceptors (Lipinski definition) is 2. The molecule has 1 fully saturated rings. The molecule has 1 aromatic carbocycles. The maximum Gasteiger partial charge on any atom is 0.0534 e. The molecule has 0 aromatic heterocycles. The normalized spacial score (nSPS) is 24.0. The highest BCUT2D eigenvalue weighted by Gasteiger charge is 2.30. The van der Waals surface area contributed by atoms with Gasteiger partial charge >= 0.3 is 0 Å². The number of unbranched alkanes of at least 4 members (excludes halogenated alkanes) is 2. The lowest BCUT2D eigenvalue weighted by atomic mass is 9.91. The van der Waals surface area contributed by atoms with Crippen LogP contribution in [0, 0.1) is 12.3 Å². The summed E-state index contributed by atoms with van der Waals surface area (Å²) < 4.78 is 0. The van der Waals surface area contributed by atoms with Crippen LogP contribution in [0.4, 0.5) is 0 Å². The molecule has 2 heteroatoms. The SMILES string of the molecule is C#CCCCCN1CCCNC(C)(c2ccccc2)C1. The predicted molar refractivity (Wildman–Crippen MR) is 85.5 cm³/mol. The third-order valence-corrected chi connectivity index (χ3v) is 4.16. The van der Waals surface area contributed by atoms with Crippen LogP contribution >= 0.6 is 0 Å². The molecular weight excluding hydrogens is 244 g/mol. The second kappa shape index (κ2) is 7.47. The Morgan fingerprint density at radius 1 is 1.30 bits per heavy atom. The zero-order valence-corrected chi connectivity index (χ0v) is 12.6. The van der Waals surface area contributed by atoms with E-state index in [1.807, 2.05) is 0 Å². The maximum absolute atomic E-state index is 5.32. The minimum absolute atomic E-state index is 0.0594. The average molecular weight is 270 g/mol. The average Bonchev–Trinajstić information content (AvgIpc) is 2.67. The smallest absolute Gasteiger partial charge is 0.0534 e. The fourth-order valence-electron chi connectivity index (χ4n) is 3.00. The fraction of sp³-hybridized carbons (Fsp3) is 0.556. The van der Waals surface area contributed by atoms with Crippen LogP contribution in [0.5, 0.6) is 0 Å². The van der Waals surface area contributed by atoms with Crippen molar-refractivity contribution >= 4 is 0 Å². The minimum Gasteiger partial charge on any atom is -0.307 e. The first-order valence-electron chi connectivity index (χ1n) is 7.71. The van der Waals surface area contributed by atoms with Gasteiger partial charge in [0.15, 0.2) is 0 Å². The lowest BCUT2D eigenvalue weighted by Gasteiger charge is -2.34. The van der Waals surface area contributed by atoms with E-state index in [9.17, 15) is 0 Å². The van der Waals surface area contributed by atoms with Crippen LogP contribution in [0.25, 0.3) is 0 Å². The predicted octanol–water partition coefficient (Wildman–Crippen LogP) is 3.00. The van der Waals surface area contributed by atoms with E-state index in [1.54, 1.807) is 0 Å². The summed E-state index contributed by atoms with van der Waals surface area (Å²) in [6.07, 6.45) is 9.79. The molecule has 0 bridgehead atoms. The van der Waals surface area contributed by atoms with Gasteiger partial charge in [-0.15, -0.1) is 12.3 Å². The minimum atomic E-state index is 0.0594. The number of nitrogens with zero attached hydrogens (tertiary/aromatic N) is 1. The molecule has 1 aliphatic rings. The number of rotatable bonds is 5. The van der Waals surface area contributed by atoms with Crippen LogP contribution in [0.15, 0.2) is 30.3 Å². The lowest BCUT2D eigenvalue weighted by Crippen LogP contribution is -2.46. The van der Waals surface area contributed by atoms with Gasteiger partial charge in [0.25, 0.3) is 0 Å². The standard InChI is InChI=1S/C18H26N2/c1-3-4-5-9-14-20-15-10-13-19-18(2,16-20)17-11-7-6-8-12-17/h1,6-8,11-12,19H,4-5,9-10,13-16H2,2H3. The van der Waals surface area contributed by atoms with Crippen LogP contribution in [0.3, 0.4) is 0 Å². The molecule has 0 spiro atoms. The molecule has 1 aliphatic heterocycles. The van der Waals surface area contributed by atoms with Gasteiger partial charge in [-0.3, -0.25) is 0 Å². The van der Waals surface area contributed by atoms with E-state index in [1.165, 1.54) is 24.9 Å². The van der Waals surface area contributed by atoms with Crippen molar-refractivity contribution in [2.24, 2.45) is 0 Å². The first-order valence-corrected chi connectivity index (χ1v) is 7.71. The third kappa shape index (κ3) is 4.10. The monoisotopic (exact) mass is 270 g/mol. The van der Waals surface area contributed by atoms with Gasteiger partial charge in [-0.2, -0.15) is 0 Å². The van der Waals surface area contributed by atoms with Crippen molar-refractivity contribution in [3.8, 4) is 12.3 Å². The first kappa shape index (κ1) is 15.1. The Kier molecular flexibility index (Phi) is 5.64. The highest BCUT2D eigenvalue weighted by atomic mass is 15.2. The Balaban J connectivity index is 1.98. The molecule has 20 heavy (non-hydrogen) atoms. The van der Waals surface area contributed by atoms with Crippen molar-refractivity contribution in [3.63, 3.8) is 0 Å². The van der Waals surface area contributed by atoms with Gasteiger partial charge in [0.1, 0.15) is 0 Å². The van der Waals surface area contributed by atoms with Crippen molar-refractivity contribution < 1.29 is 0 Å². The van der Waals surface area contributed by atoms with Gasteiger partial charge < -0.3 is 10.2 Å². The molecule has 1 atom stereocenters. The molecule has 1 N–H and O–H groups in total. The Morgan fingerprint density at radius 3 is 2.85 bits per heavy atom. The molecular formula is C18H26N2. The van der Waals surface area contributed by atoms with Crippen LogP contribution in [0.1, 0.15) is 38.2 Å². The van der Waals surface area contributed by atoms with E-state index in [0.29, 0.717) is 0 Å². The summed E-state index contributed by atoms with van der Waals surface area (Å²) in [5.41, 5.74) is 1.44. The van der Waals surface area contributed by atoms with E-state index < -0.39 is 0 Å². The van der Waals surface area contributed by atoms with E-state index in [4.69, 9.17) is 6.42 Å².